The number of aromatic nitrogens is 1. The van der Waals surface area contributed by atoms with Crippen LogP contribution in [0.4, 0.5) is 0 Å². The zero-order chi connectivity index (χ0) is 11.5. The van der Waals surface area contributed by atoms with Crippen LogP contribution in [-0.2, 0) is 0 Å². The van der Waals surface area contributed by atoms with E-state index in [4.69, 9.17) is 5.11 Å². The van der Waals surface area contributed by atoms with Crippen molar-refractivity contribution < 1.29 is 9.90 Å². The molecule has 1 aromatic rings. The molecular weight excluding hydrogens is 260 g/mol. The van der Waals surface area contributed by atoms with E-state index in [2.05, 4.69) is 26.2 Å². The van der Waals surface area contributed by atoms with Gasteiger partial charge in [-0.3, -0.25) is 4.79 Å². The van der Waals surface area contributed by atoms with E-state index >= 15 is 0 Å². The Bertz CT molecular complexity index is 349. The van der Waals surface area contributed by atoms with E-state index in [0.717, 1.165) is 0 Å². The third kappa shape index (κ3) is 3.60. The van der Waals surface area contributed by atoms with Gasteiger partial charge in [0.25, 0.3) is 5.91 Å². The number of hydrogen-bond donors (Lipinski definition) is 2. The van der Waals surface area contributed by atoms with Gasteiger partial charge in [0, 0.05) is 6.20 Å². The highest BCUT2D eigenvalue weighted by Crippen LogP contribution is 2.08. The SMILES string of the molecule is CC(C)(CO)NC(=O)c1ccc(Br)nc1. The predicted molar refractivity (Wildman–Crippen MR) is 60.6 cm³/mol. The van der Waals surface area contributed by atoms with Crippen LogP contribution in [0.15, 0.2) is 22.9 Å². The molecule has 15 heavy (non-hydrogen) atoms. The highest BCUT2D eigenvalue weighted by atomic mass is 79.9. The molecule has 2 N–H and O–H groups in total. The summed E-state index contributed by atoms with van der Waals surface area (Å²) in [5.41, 5.74) is -0.149. The lowest BCUT2D eigenvalue weighted by Crippen LogP contribution is -2.46. The summed E-state index contributed by atoms with van der Waals surface area (Å²) >= 11 is 3.19. The Morgan fingerprint density at radius 3 is 2.73 bits per heavy atom. The van der Waals surface area contributed by atoms with Gasteiger partial charge in [-0.25, -0.2) is 4.98 Å². The van der Waals surface area contributed by atoms with Gasteiger partial charge in [-0.05, 0) is 41.9 Å². The van der Waals surface area contributed by atoms with Gasteiger partial charge in [0.2, 0.25) is 0 Å². The van der Waals surface area contributed by atoms with Gasteiger partial charge < -0.3 is 10.4 Å². The number of rotatable bonds is 3. The van der Waals surface area contributed by atoms with E-state index in [1.807, 2.05) is 0 Å². The van der Waals surface area contributed by atoms with Crippen molar-refractivity contribution in [3.05, 3.63) is 28.5 Å². The smallest absolute Gasteiger partial charge is 0.253 e. The number of hydrogen-bond acceptors (Lipinski definition) is 3. The lowest BCUT2D eigenvalue weighted by molar-refractivity contribution is 0.0869. The lowest BCUT2D eigenvalue weighted by atomic mass is 10.1. The fourth-order valence-electron chi connectivity index (χ4n) is 0.929. The van der Waals surface area contributed by atoms with Crippen LogP contribution in [0.2, 0.25) is 0 Å². The quantitative estimate of drug-likeness (QED) is 0.817. The standard InChI is InChI=1S/C10H13BrN2O2/c1-10(2,6-14)13-9(15)7-3-4-8(11)12-5-7/h3-5,14H,6H2,1-2H3,(H,13,15). The van der Waals surface area contributed by atoms with E-state index in [9.17, 15) is 4.79 Å². The summed E-state index contributed by atoms with van der Waals surface area (Å²) in [6.07, 6.45) is 1.48. The predicted octanol–water partition coefficient (Wildman–Crippen LogP) is 1.34. The maximum absolute atomic E-state index is 11.7. The van der Waals surface area contributed by atoms with Gasteiger partial charge >= 0.3 is 0 Å². The first-order chi connectivity index (χ1) is 6.94. The van der Waals surface area contributed by atoms with Gasteiger partial charge in [0.05, 0.1) is 17.7 Å². The Morgan fingerprint density at radius 2 is 2.27 bits per heavy atom. The summed E-state index contributed by atoms with van der Waals surface area (Å²) in [4.78, 5) is 15.6. The number of halogens is 1. The third-order valence-corrected chi connectivity index (χ3v) is 2.31. The molecule has 0 saturated heterocycles. The van der Waals surface area contributed by atoms with Crippen LogP contribution in [0.25, 0.3) is 0 Å². The van der Waals surface area contributed by atoms with Crippen LogP contribution < -0.4 is 5.32 Å². The van der Waals surface area contributed by atoms with E-state index < -0.39 is 5.54 Å². The minimum atomic E-state index is -0.621. The molecule has 0 aliphatic carbocycles. The monoisotopic (exact) mass is 272 g/mol. The van der Waals surface area contributed by atoms with Crippen molar-refractivity contribution in [2.24, 2.45) is 0 Å². The molecule has 0 atom stereocenters. The Hall–Kier alpha value is -0.940. The number of amides is 1. The Kier molecular flexibility index (Phi) is 3.82. The molecule has 1 amide bonds. The van der Waals surface area contributed by atoms with Crippen molar-refractivity contribution in [1.82, 2.24) is 10.3 Å². The molecule has 0 aliphatic heterocycles. The molecule has 1 aromatic heterocycles. The summed E-state index contributed by atoms with van der Waals surface area (Å²) in [5.74, 6) is -0.242. The highest BCUT2D eigenvalue weighted by molar-refractivity contribution is 9.10. The molecule has 5 heteroatoms. The molecule has 1 rings (SSSR count). The molecule has 0 fully saturated rings. The minimum Gasteiger partial charge on any atom is -0.394 e. The van der Waals surface area contributed by atoms with Crippen LogP contribution in [-0.4, -0.2) is 28.1 Å². The zero-order valence-electron chi connectivity index (χ0n) is 8.62. The fraction of sp³-hybridized carbons (Fsp3) is 0.400. The number of carbonyl (C=O) groups is 1. The molecule has 82 valence electrons. The third-order valence-electron chi connectivity index (χ3n) is 1.84. The van der Waals surface area contributed by atoms with E-state index in [-0.39, 0.29) is 12.5 Å². The molecular formula is C10H13BrN2O2. The first-order valence-corrected chi connectivity index (χ1v) is 5.29. The number of carbonyl (C=O) groups excluding carboxylic acids is 1. The van der Waals surface area contributed by atoms with Crippen molar-refractivity contribution in [2.45, 2.75) is 19.4 Å². The summed E-state index contributed by atoms with van der Waals surface area (Å²) in [6.45, 7) is 3.39. The normalized spacial score (nSPS) is 11.2. The summed E-state index contributed by atoms with van der Waals surface area (Å²) < 4.78 is 0.681. The van der Waals surface area contributed by atoms with Crippen LogP contribution in [0.5, 0.6) is 0 Å². The number of nitrogens with zero attached hydrogens (tertiary/aromatic N) is 1. The number of pyridine rings is 1. The van der Waals surface area contributed by atoms with Crippen molar-refractivity contribution in [2.75, 3.05) is 6.61 Å². The topological polar surface area (TPSA) is 62.2 Å². The number of aliphatic hydroxyl groups is 1. The van der Waals surface area contributed by atoms with Crippen LogP contribution in [0.3, 0.4) is 0 Å². The van der Waals surface area contributed by atoms with E-state index in [0.29, 0.717) is 10.2 Å². The van der Waals surface area contributed by atoms with E-state index in [1.165, 1.54) is 6.20 Å². The maximum Gasteiger partial charge on any atom is 0.253 e. The molecule has 0 unspecified atom stereocenters. The summed E-state index contributed by atoms with van der Waals surface area (Å²) in [7, 11) is 0. The molecule has 4 nitrogen and oxygen atoms in total. The molecule has 0 aliphatic rings. The molecule has 0 radical (unpaired) electrons. The van der Waals surface area contributed by atoms with Gasteiger partial charge in [0.1, 0.15) is 4.60 Å². The number of nitrogens with one attached hydrogen (secondary N) is 1. The van der Waals surface area contributed by atoms with E-state index in [1.54, 1.807) is 26.0 Å². The van der Waals surface area contributed by atoms with Gasteiger partial charge in [-0.2, -0.15) is 0 Å². The van der Waals surface area contributed by atoms with Gasteiger partial charge in [0.15, 0.2) is 0 Å². The fourth-order valence-corrected chi connectivity index (χ4v) is 1.16. The van der Waals surface area contributed by atoms with Crippen LogP contribution in [0, 0.1) is 0 Å². The average Bonchev–Trinajstić information content (AvgIpc) is 2.18. The van der Waals surface area contributed by atoms with Gasteiger partial charge in [-0.15, -0.1) is 0 Å². The zero-order valence-corrected chi connectivity index (χ0v) is 10.2. The second kappa shape index (κ2) is 4.72. The molecule has 0 saturated carbocycles. The second-order valence-corrected chi connectivity index (χ2v) is 4.68. The van der Waals surface area contributed by atoms with Crippen molar-refractivity contribution in [3.8, 4) is 0 Å². The minimum absolute atomic E-state index is 0.108. The van der Waals surface area contributed by atoms with Gasteiger partial charge in [-0.1, -0.05) is 0 Å². The second-order valence-electron chi connectivity index (χ2n) is 3.87. The summed E-state index contributed by atoms with van der Waals surface area (Å²) in [5, 5.41) is 11.7. The van der Waals surface area contributed by atoms with Crippen LogP contribution in [0.1, 0.15) is 24.2 Å². The van der Waals surface area contributed by atoms with Crippen molar-refractivity contribution in [3.63, 3.8) is 0 Å². The Labute approximate surface area is 96.8 Å². The Morgan fingerprint density at radius 1 is 1.60 bits per heavy atom. The molecule has 1 heterocycles. The van der Waals surface area contributed by atoms with Crippen molar-refractivity contribution >= 4 is 21.8 Å². The van der Waals surface area contributed by atoms with Crippen LogP contribution >= 0.6 is 15.9 Å². The summed E-state index contributed by atoms with van der Waals surface area (Å²) in [6, 6.07) is 3.36. The lowest BCUT2D eigenvalue weighted by Gasteiger charge is -2.23. The molecule has 0 aromatic carbocycles. The Balaban J connectivity index is 2.74. The average molecular weight is 273 g/mol. The van der Waals surface area contributed by atoms with Crippen molar-refractivity contribution in [1.29, 1.82) is 0 Å². The first kappa shape index (κ1) is 12.1. The maximum atomic E-state index is 11.7. The highest BCUT2D eigenvalue weighted by Gasteiger charge is 2.19. The molecule has 0 bridgehead atoms. The largest absolute Gasteiger partial charge is 0.394 e. The first-order valence-electron chi connectivity index (χ1n) is 4.49. The number of aliphatic hydroxyl groups excluding tert-OH is 1. The molecule has 0 spiro atoms.